The van der Waals surface area contributed by atoms with Crippen molar-refractivity contribution in [3.05, 3.63) is 79.6 Å². The molecular formula is C26H25BrClNO5. The standard InChI is InChI=1S/C26H25BrClNO5/c1-14-23(26(31)33-3)24(25-19(29-14)5-4-6-20(25)30)15-7-9-21(32-2)16(11-15)13-34-22-10-8-17(27)12-18(22)28/h7-12,24,29H,4-6,13H2,1-3H3/t24-/m1/s1. The molecule has 0 bridgehead atoms. The summed E-state index contributed by atoms with van der Waals surface area (Å²) < 4.78 is 17.5. The van der Waals surface area contributed by atoms with Crippen molar-refractivity contribution >= 4 is 39.3 Å². The van der Waals surface area contributed by atoms with Crippen molar-refractivity contribution in [3.8, 4) is 11.5 Å². The second-order valence-corrected chi connectivity index (χ2v) is 9.51. The van der Waals surface area contributed by atoms with Gasteiger partial charge in [0.1, 0.15) is 18.1 Å². The van der Waals surface area contributed by atoms with E-state index in [0.29, 0.717) is 39.8 Å². The first-order valence-corrected chi connectivity index (χ1v) is 12.1. The highest BCUT2D eigenvalue weighted by molar-refractivity contribution is 9.10. The number of halogens is 2. The van der Waals surface area contributed by atoms with Crippen molar-refractivity contribution in [1.29, 1.82) is 0 Å². The maximum atomic E-state index is 13.0. The Kier molecular flexibility index (Phi) is 7.33. The molecule has 1 aliphatic heterocycles. The topological polar surface area (TPSA) is 73.9 Å². The number of hydrogen-bond acceptors (Lipinski definition) is 6. The van der Waals surface area contributed by atoms with Crippen LogP contribution in [0.5, 0.6) is 11.5 Å². The van der Waals surface area contributed by atoms with Gasteiger partial charge in [0.2, 0.25) is 0 Å². The fourth-order valence-corrected chi connectivity index (χ4v) is 5.26. The Balaban J connectivity index is 1.76. The second-order valence-electron chi connectivity index (χ2n) is 8.19. The van der Waals surface area contributed by atoms with Crippen molar-refractivity contribution in [1.82, 2.24) is 5.32 Å². The van der Waals surface area contributed by atoms with E-state index in [1.807, 2.05) is 31.2 Å². The maximum absolute atomic E-state index is 13.0. The van der Waals surface area contributed by atoms with Crippen LogP contribution in [0.2, 0.25) is 5.02 Å². The fourth-order valence-electron chi connectivity index (χ4n) is 4.54. The number of benzene rings is 2. The molecule has 1 heterocycles. The van der Waals surface area contributed by atoms with Gasteiger partial charge in [-0.05, 0) is 55.7 Å². The second kappa shape index (κ2) is 10.2. The van der Waals surface area contributed by atoms with Crippen LogP contribution in [0.3, 0.4) is 0 Å². The first-order chi connectivity index (χ1) is 16.3. The maximum Gasteiger partial charge on any atom is 0.336 e. The van der Waals surface area contributed by atoms with Crippen molar-refractivity contribution < 1.29 is 23.8 Å². The summed E-state index contributed by atoms with van der Waals surface area (Å²) in [5.41, 5.74) is 4.20. The van der Waals surface area contributed by atoms with Crippen LogP contribution < -0.4 is 14.8 Å². The summed E-state index contributed by atoms with van der Waals surface area (Å²) in [5.74, 6) is 0.226. The van der Waals surface area contributed by atoms with Crippen molar-refractivity contribution in [2.45, 2.75) is 38.7 Å². The number of allylic oxidation sites excluding steroid dienone is 3. The number of esters is 1. The Bertz CT molecular complexity index is 1220. The summed E-state index contributed by atoms with van der Waals surface area (Å²) in [6.07, 6.45) is 2.00. The van der Waals surface area contributed by atoms with E-state index in [4.69, 9.17) is 25.8 Å². The molecule has 6 nitrogen and oxygen atoms in total. The molecule has 1 aliphatic carbocycles. The molecule has 0 unspecified atom stereocenters. The molecule has 0 saturated heterocycles. The molecule has 1 atom stereocenters. The third-order valence-corrected chi connectivity index (χ3v) is 6.88. The molecule has 0 spiro atoms. The lowest BCUT2D eigenvalue weighted by atomic mass is 9.75. The third kappa shape index (κ3) is 4.72. The summed E-state index contributed by atoms with van der Waals surface area (Å²) in [6.45, 7) is 2.03. The molecule has 0 fully saturated rings. The molecule has 0 saturated carbocycles. The SMILES string of the molecule is COC(=O)C1=C(C)NC2=C(C(=O)CCC2)[C@@H]1c1ccc(OC)c(COc2ccc(Br)cc2Cl)c1. The predicted molar refractivity (Wildman–Crippen MR) is 133 cm³/mol. The molecule has 0 amide bonds. The molecule has 178 valence electrons. The zero-order valence-electron chi connectivity index (χ0n) is 19.2. The van der Waals surface area contributed by atoms with E-state index in [-0.39, 0.29) is 12.4 Å². The molecule has 2 aromatic carbocycles. The van der Waals surface area contributed by atoms with Gasteiger partial charge in [-0.25, -0.2) is 4.79 Å². The number of hydrogen-bond donors (Lipinski definition) is 1. The normalized spacial score (nSPS) is 17.8. The van der Waals surface area contributed by atoms with E-state index in [1.165, 1.54) is 7.11 Å². The lowest BCUT2D eigenvalue weighted by Gasteiger charge is -2.34. The van der Waals surface area contributed by atoms with Crippen molar-refractivity contribution in [2.75, 3.05) is 14.2 Å². The van der Waals surface area contributed by atoms with Gasteiger partial charge >= 0.3 is 5.97 Å². The average molecular weight is 547 g/mol. The summed E-state index contributed by atoms with van der Waals surface area (Å²) in [7, 11) is 2.94. The lowest BCUT2D eigenvalue weighted by molar-refractivity contribution is -0.136. The number of Topliss-reactive ketones (excluding diaryl/α,β-unsaturated/α-hetero) is 1. The number of methoxy groups -OCH3 is 2. The van der Waals surface area contributed by atoms with Crippen LogP contribution in [-0.2, 0) is 20.9 Å². The van der Waals surface area contributed by atoms with E-state index >= 15 is 0 Å². The van der Waals surface area contributed by atoms with Gasteiger partial charge in [-0.15, -0.1) is 0 Å². The molecular weight excluding hydrogens is 522 g/mol. The largest absolute Gasteiger partial charge is 0.496 e. The minimum atomic E-state index is -0.530. The van der Waals surface area contributed by atoms with Crippen LogP contribution in [-0.4, -0.2) is 26.0 Å². The molecule has 2 aromatic rings. The van der Waals surface area contributed by atoms with Gasteiger partial charge in [0, 0.05) is 39.3 Å². The smallest absolute Gasteiger partial charge is 0.336 e. The van der Waals surface area contributed by atoms with Crippen molar-refractivity contribution in [3.63, 3.8) is 0 Å². The van der Waals surface area contributed by atoms with Crippen molar-refractivity contribution in [2.24, 2.45) is 0 Å². The Morgan fingerprint density at radius 3 is 2.62 bits per heavy atom. The summed E-state index contributed by atoms with van der Waals surface area (Å²) in [5, 5.41) is 3.76. The Morgan fingerprint density at radius 2 is 1.91 bits per heavy atom. The van der Waals surface area contributed by atoms with Gasteiger partial charge in [-0.3, -0.25) is 4.79 Å². The van der Waals surface area contributed by atoms with Gasteiger partial charge in [-0.1, -0.05) is 33.6 Å². The van der Waals surface area contributed by atoms with Gasteiger partial charge in [0.05, 0.1) is 24.8 Å². The first-order valence-electron chi connectivity index (χ1n) is 10.9. The number of ketones is 1. The third-order valence-electron chi connectivity index (χ3n) is 6.10. The van der Waals surface area contributed by atoms with E-state index < -0.39 is 11.9 Å². The number of ether oxygens (including phenoxy) is 3. The van der Waals surface area contributed by atoms with Gasteiger partial charge in [-0.2, -0.15) is 0 Å². The highest BCUT2D eigenvalue weighted by Gasteiger charge is 2.39. The molecule has 2 aliphatic rings. The highest BCUT2D eigenvalue weighted by Crippen LogP contribution is 2.43. The van der Waals surface area contributed by atoms with Crippen LogP contribution in [0.15, 0.2) is 63.4 Å². The van der Waals surface area contributed by atoms with Crippen LogP contribution in [0, 0.1) is 0 Å². The predicted octanol–water partition coefficient (Wildman–Crippen LogP) is 5.83. The number of carbonyl (C=O) groups excluding carboxylic acids is 2. The molecule has 34 heavy (non-hydrogen) atoms. The lowest BCUT2D eigenvalue weighted by Crippen LogP contribution is -2.34. The van der Waals surface area contributed by atoms with E-state index in [2.05, 4.69) is 21.2 Å². The number of carbonyl (C=O) groups is 2. The summed E-state index contributed by atoms with van der Waals surface area (Å²) in [6, 6.07) is 11.0. The van der Waals surface area contributed by atoms with Gasteiger partial charge < -0.3 is 19.5 Å². The van der Waals surface area contributed by atoms with E-state index in [1.54, 1.807) is 19.2 Å². The minimum Gasteiger partial charge on any atom is -0.496 e. The van der Waals surface area contributed by atoms with Crippen LogP contribution in [0.4, 0.5) is 0 Å². The zero-order valence-corrected chi connectivity index (χ0v) is 21.5. The Labute approximate surface area is 212 Å². The number of nitrogens with one attached hydrogen (secondary N) is 1. The average Bonchev–Trinajstić information content (AvgIpc) is 2.82. The molecule has 1 N–H and O–H groups in total. The van der Waals surface area contributed by atoms with Crippen LogP contribution >= 0.6 is 27.5 Å². The quantitative estimate of drug-likeness (QED) is 0.460. The van der Waals surface area contributed by atoms with Crippen LogP contribution in [0.1, 0.15) is 43.2 Å². The monoisotopic (exact) mass is 545 g/mol. The summed E-state index contributed by atoms with van der Waals surface area (Å²) in [4.78, 5) is 25.8. The highest BCUT2D eigenvalue weighted by atomic mass is 79.9. The van der Waals surface area contributed by atoms with Gasteiger partial charge in [0.25, 0.3) is 0 Å². The molecule has 0 radical (unpaired) electrons. The zero-order chi connectivity index (χ0) is 24.4. The Morgan fingerprint density at radius 1 is 1.15 bits per heavy atom. The molecule has 0 aromatic heterocycles. The fraction of sp³-hybridized carbons (Fsp3) is 0.308. The van der Waals surface area contributed by atoms with E-state index in [0.717, 1.165) is 34.1 Å². The first kappa shape index (κ1) is 24.4. The number of dihydropyridines is 1. The Hall–Kier alpha value is -2.77. The van der Waals surface area contributed by atoms with E-state index in [9.17, 15) is 9.59 Å². The molecule has 8 heteroatoms. The van der Waals surface area contributed by atoms with Gasteiger partial charge in [0.15, 0.2) is 5.78 Å². The summed E-state index contributed by atoms with van der Waals surface area (Å²) >= 11 is 9.70. The number of rotatable bonds is 6. The molecule has 4 rings (SSSR count). The van der Waals surface area contributed by atoms with Crippen LogP contribution in [0.25, 0.3) is 0 Å². The minimum absolute atomic E-state index is 0.0444.